The van der Waals surface area contributed by atoms with Gasteiger partial charge in [-0.25, -0.2) is 0 Å². The first-order valence-corrected chi connectivity index (χ1v) is 3.92. The van der Waals surface area contributed by atoms with Crippen molar-refractivity contribution in [3.63, 3.8) is 0 Å². The van der Waals surface area contributed by atoms with Crippen LogP contribution in [0.4, 0.5) is 0 Å². The fourth-order valence-corrected chi connectivity index (χ4v) is 6.13. The van der Waals surface area contributed by atoms with Gasteiger partial charge in [-0.05, 0) is 0 Å². The third-order valence-electron chi connectivity index (χ3n) is 1.06. The van der Waals surface area contributed by atoms with Crippen molar-refractivity contribution in [3.05, 3.63) is 0 Å². The van der Waals surface area contributed by atoms with Crippen molar-refractivity contribution < 1.29 is 0 Å². The zero-order valence-corrected chi connectivity index (χ0v) is 4.67. The Hall–Kier alpha value is 1.05. The van der Waals surface area contributed by atoms with Gasteiger partial charge in [0.25, 0.3) is 0 Å². The summed E-state index contributed by atoms with van der Waals surface area (Å²) in [7, 11) is 0. The van der Waals surface area contributed by atoms with E-state index in [1.54, 1.807) is 0 Å². The van der Waals surface area contributed by atoms with E-state index in [1.807, 2.05) is 0 Å². The first-order chi connectivity index (χ1) is 2.37. The van der Waals surface area contributed by atoms with Crippen LogP contribution in [-0.4, -0.2) is 6.82 Å². The van der Waals surface area contributed by atoms with Gasteiger partial charge in [-0.2, -0.15) is 0 Å². The molecule has 3 aliphatic rings. The monoisotopic (exact) mass is 120 g/mol. The Morgan fingerprint density at radius 2 is 1.00 bits per heavy atom. The Balaban J connectivity index is 2.58. The molecule has 3 fully saturated rings. The molecular weight excluding hydrogens is 120 g/mol. The molecule has 0 amide bonds. The molecule has 0 N–H and O–H groups in total. The van der Waals surface area contributed by atoms with Gasteiger partial charge in [-0.3, -0.25) is 0 Å². The molecule has 3 heteroatoms. The number of rotatable bonds is 0. The minimum Gasteiger partial charge on any atom is -0.0979 e. The van der Waals surface area contributed by atoms with E-state index >= 15 is 0 Å². The molecule has 0 atom stereocenters. The third-order valence-corrected chi connectivity index (χ3v) is 7.67. The summed E-state index contributed by atoms with van der Waals surface area (Å²) in [6.45, 7) is 0. The van der Waals surface area contributed by atoms with Crippen molar-refractivity contribution in [1.29, 1.82) is 0 Å². The molecule has 3 rings (SSSR count). The van der Waals surface area contributed by atoms with Crippen molar-refractivity contribution >= 4 is 35.3 Å². The van der Waals surface area contributed by atoms with Crippen LogP contribution in [0.25, 0.3) is 0 Å². The zero-order chi connectivity index (χ0) is 3.12. The van der Waals surface area contributed by atoms with Gasteiger partial charge in [-0.15, -0.1) is 0 Å². The van der Waals surface area contributed by atoms with E-state index in [4.69, 9.17) is 0 Å². The minimum absolute atomic E-state index is 0.812. The Labute approximate surface area is 42.5 Å². The molecule has 0 spiro atoms. The Bertz CT molecular complexity index is 86.3. The highest BCUT2D eigenvalue weighted by atomic mass is 32.4. The van der Waals surface area contributed by atoms with E-state index < -0.39 is 0 Å². The predicted octanol–water partition coefficient (Wildman–Crippen LogP) is 1.53. The first kappa shape index (κ1) is 2.38. The fourth-order valence-electron chi connectivity index (χ4n) is 0.477. The van der Waals surface area contributed by atoms with Crippen LogP contribution in [0.2, 0.25) is 0 Å². The number of thioether (sulfide) groups is 3. The molecular formula is C2S3. The molecule has 0 aromatic heterocycles. The summed E-state index contributed by atoms with van der Waals surface area (Å²) < 4.78 is 1.62. The summed E-state index contributed by atoms with van der Waals surface area (Å²) in [4.78, 5) is 0. The highest BCUT2D eigenvalue weighted by Gasteiger charge is 3.05. The molecule has 26 valence electrons. The standard InChI is InChI=1S/C2S3/c3-1-2(3,4-1)5-1. The van der Waals surface area contributed by atoms with Gasteiger partial charge in [0.05, 0.1) is 0 Å². The molecule has 3 aliphatic heterocycles. The van der Waals surface area contributed by atoms with Crippen LogP contribution in [0.5, 0.6) is 0 Å². The summed E-state index contributed by atoms with van der Waals surface area (Å²) >= 11 is 6.38. The zero-order valence-electron chi connectivity index (χ0n) is 2.22. The predicted molar refractivity (Wildman–Crippen MR) is 28.2 cm³/mol. The second kappa shape index (κ2) is 0.322. The largest absolute Gasteiger partial charge is 0.147 e. The van der Waals surface area contributed by atoms with Crippen molar-refractivity contribution in [2.24, 2.45) is 0 Å². The average molecular weight is 120 g/mol. The summed E-state index contributed by atoms with van der Waals surface area (Å²) in [5.41, 5.74) is 0. The Morgan fingerprint density at radius 3 is 1.00 bits per heavy atom. The highest BCUT2D eigenvalue weighted by molar-refractivity contribution is 8.78. The number of hydrogen-bond donors (Lipinski definition) is 0. The maximum absolute atomic E-state index is 2.12. The second-order valence-corrected chi connectivity index (χ2v) is 7.26. The van der Waals surface area contributed by atoms with E-state index in [2.05, 4.69) is 35.3 Å². The van der Waals surface area contributed by atoms with Gasteiger partial charge in [0.15, 0.2) is 0 Å². The van der Waals surface area contributed by atoms with Gasteiger partial charge in [-0.1, -0.05) is 35.3 Å². The lowest BCUT2D eigenvalue weighted by Crippen LogP contribution is -1.73. The molecule has 0 nitrogen and oxygen atoms in total. The minimum atomic E-state index is 0.812. The highest BCUT2D eigenvalue weighted by Crippen LogP contribution is 3.17. The Morgan fingerprint density at radius 1 is 0.800 bits per heavy atom. The van der Waals surface area contributed by atoms with Crippen LogP contribution in [0, 0.1) is 0 Å². The van der Waals surface area contributed by atoms with Gasteiger partial charge >= 0.3 is 0 Å². The van der Waals surface area contributed by atoms with Crippen molar-refractivity contribution in [2.75, 3.05) is 0 Å². The molecule has 0 unspecified atom stereocenters. The summed E-state index contributed by atoms with van der Waals surface area (Å²) in [6.07, 6.45) is 0. The lowest BCUT2D eigenvalue weighted by molar-refractivity contribution is 1.73. The normalized spacial score (nSPS) is 91.2. The van der Waals surface area contributed by atoms with Crippen LogP contribution in [-0.2, 0) is 0 Å². The molecule has 0 bridgehead atoms. The van der Waals surface area contributed by atoms with Gasteiger partial charge < -0.3 is 0 Å². The van der Waals surface area contributed by atoms with E-state index in [0.29, 0.717) is 0 Å². The van der Waals surface area contributed by atoms with Crippen molar-refractivity contribution in [3.8, 4) is 0 Å². The van der Waals surface area contributed by atoms with Gasteiger partial charge in [0, 0.05) is 0 Å². The van der Waals surface area contributed by atoms with Crippen molar-refractivity contribution in [1.82, 2.24) is 0 Å². The topological polar surface area (TPSA) is 0 Å². The van der Waals surface area contributed by atoms with Gasteiger partial charge in [0.2, 0.25) is 0 Å². The fraction of sp³-hybridized carbons (Fsp3) is 1.00. The maximum atomic E-state index is 2.12. The molecule has 3 saturated heterocycles. The van der Waals surface area contributed by atoms with E-state index in [9.17, 15) is 0 Å². The molecule has 5 heavy (non-hydrogen) atoms. The number of hydrogen-bond acceptors (Lipinski definition) is 3. The lowest BCUT2D eigenvalue weighted by Gasteiger charge is -2.00. The summed E-state index contributed by atoms with van der Waals surface area (Å²) in [6, 6.07) is 0. The SMILES string of the molecule is S1C23SC12S3. The second-order valence-electron chi connectivity index (χ2n) is 1.42. The average Bonchev–Trinajstić information content (AvgIpc) is 1.30. The molecule has 0 aromatic carbocycles. The van der Waals surface area contributed by atoms with Crippen LogP contribution < -0.4 is 0 Å². The first-order valence-electron chi connectivity index (χ1n) is 1.47. The summed E-state index contributed by atoms with van der Waals surface area (Å²) in [5, 5.41) is 0. The van der Waals surface area contributed by atoms with Crippen LogP contribution >= 0.6 is 35.3 Å². The molecule has 3 heterocycles. The van der Waals surface area contributed by atoms with E-state index in [-0.39, 0.29) is 0 Å². The molecule has 0 aliphatic carbocycles. The van der Waals surface area contributed by atoms with E-state index in [0.717, 1.165) is 6.82 Å². The smallest absolute Gasteiger partial charge is 0.0979 e. The van der Waals surface area contributed by atoms with Crippen LogP contribution in [0.3, 0.4) is 0 Å². The molecule has 0 saturated carbocycles. The third kappa shape index (κ3) is 0.0966. The van der Waals surface area contributed by atoms with Gasteiger partial charge in [0.1, 0.15) is 6.82 Å². The van der Waals surface area contributed by atoms with E-state index in [1.165, 1.54) is 0 Å². The lowest BCUT2D eigenvalue weighted by atomic mass is 11.0. The molecule has 0 radical (unpaired) electrons. The quantitative estimate of drug-likeness (QED) is 0.445. The van der Waals surface area contributed by atoms with Crippen LogP contribution in [0.1, 0.15) is 0 Å². The van der Waals surface area contributed by atoms with Crippen molar-refractivity contribution in [2.45, 2.75) is 6.82 Å². The van der Waals surface area contributed by atoms with Crippen LogP contribution in [0.15, 0.2) is 0 Å². The maximum Gasteiger partial charge on any atom is 0.147 e. The summed E-state index contributed by atoms with van der Waals surface area (Å²) in [5.74, 6) is 0. The Kier molecular flexibility index (Phi) is 0.153. The molecule has 0 aromatic rings.